The van der Waals surface area contributed by atoms with Crippen LogP contribution in [0.2, 0.25) is 0 Å². The summed E-state index contributed by atoms with van der Waals surface area (Å²) in [6.45, 7) is 3.74. The zero-order valence-electron chi connectivity index (χ0n) is 8.99. The van der Waals surface area contributed by atoms with Gasteiger partial charge in [0.1, 0.15) is 0 Å². The van der Waals surface area contributed by atoms with Gasteiger partial charge >= 0.3 is 0 Å². The Hall–Kier alpha value is -1.41. The summed E-state index contributed by atoms with van der Waals surface area (Å²) in [5, 5.41) is 8.48. The van der Waals surface area contributed by atoms with Gasteiger partial charge in [0.2, 0.25) is 11.8 Å². The molecule has 5 nitrogen and oxygen atoms in total. The van der Waals surface area contributed by atoms with Crippen molar-refractivity contribution in [2.75, 3.05) is 6.54 Å². The average Bonchev–Trinajstić information content (AvgIpc) is 2.34. The molecule has 0 aromatic rings. The topological polar surface area (TPSA) is 87.2 Å². The molecule has 1 rings (SSSR count). The molecular weight excluding hydrogens is 194 g/mol. The quantitative estimate of drug-likeness (QED) is 0.663. The summed E-state index contributed by atoms with van der Waals surface area (Å²) >= 11 is 0. The molecule has 5 heteroatoms. The van der Waals surface area contributed by atoms with E-state index in [0.29, 0.717) is 6.42 Å². The van der Waals surface area contributed by atoms with Gasteiger partial charge in [-0.2, -0.15) is 5.26 Å². The third-order valence-electron chi connectivity index (χ3n) is 2.55. The predicted molar refractivity (Wildman–Crippen MR) is 53.3 cm³/mol. The lowest BCUT2D eigenvalue weighted by Crippen LogP contribution is -2.36. The first kappa shape index (κ1) is 11.7. The number of rotatable bonds is 3. The summed E-state index contributed by atoms with van der Waals surface area (Å²) < 4.78 is 0. The molecule has 0 radical (unpaired) electrons. The van der Waals surface area contributed by atoms with Gasteiger partial charge in [0.15, 0.2) is 0 Å². The maximum Gasteiger partial charge on any atom is 0.235 e. The Labute approximate surface area is 88.8 Å². The van der Waals surface area contributed by atoms with E-state index in [2.05, 4.69) is 0 Å². The second-order valence-corrected chi connectivity index (χ2v) is 4.44. The van der Waals surface area contributed by atoms with Gasteiger partial charge in [0.05, 0.1) is 17.5 Å². The summed E-state index contributed by atoms with van der Waals surface area (Å²) in [6, 6.07) is 1.25. The van der Waals surface area contributed by atoms with Gasteiger partial charge in [0.25, 0.3) is 0 Å². The van der Waals surface area contributed by atoms with Crippen LogP contribution in [0.3, 0.4) is 0 Å². The monoisotopic (exact) mass is 209 g/mol. The van der Waals surface area contributed by atoms with Crippen molar-refractivity contribution in [1.29, 1.82) is 5.26 Å². The number of nitrogens with zero attached hydrogens (tertiary/aromatic N) is 2. The van der Waals surface area contributed by atoms with Crippen molar-refractivity contribution in [1.82, 2.24) is 4.90 Å². The maximum absolute atomic E-state index is 11.7. The third kappa shape index (κ3) is 2.34. The fourth-order valence-corrected chi connectivity index (χ4v) is 1.59. The lowest BCUT2D eigenvalue weighted by molar-refractivity contribution is -0.140. The van der Waals surface area contributed by atoms with Crippen molar-refractivity contribution in [2.45, 2.75) is 32.7 Å². The van der Waals surface area contributed by atoms with E-state index in [-0.39, 0.29) is 24.8 Å². The molecule has 2 amide bonds. The van der Waals surface area contributed by atoms with Gasteiger partial charge in [-0.1, -0.05) is 13.8 Å². The van der Waals surface area contributed by atoms with E-state index in [0.717, 1.165) is 0 Å². The van der Waals surface area contributed by atoms with Crippen molar-refractivity contribution in [2.24, 2.45) is 11.1 Å². The number of nitriles is 1. The minimum Gasteiger partial charge on any atom is -0.316 e. The minimum absolute atomic E-state index is 0.169. The number of nitrogens with two attached hydrogens (primary N) is 1. The number of imide groups is 1. The smallest absolute Gasteiger partial charge is 0.235 e. The minimum atomic E-state index is -0.616. The van der Waals surface area contributed by atoms with Crippen LogP contribution >= 0.6 is 0 Å². The molecule has 0 aromatic heterocycles. The standard InChI is InChI=1S/C10H15N3O2/c1-10(2)5-8(14)13(9(10)15)4-3-7(12)6-11/h7H,3-5,12H2,1-2H3. The van der Waals surface area contributed by atoms with Gasteiger partial charge in [-0.15, -0.1) is 0 Å². The van der Waals surface area contributed by atoms with E-state index in [1.807, 2.05) is 6.07 Å². The molecule has 1 unspecified atom stereocenters. The summed E-state index contributed by atoms with van der Waals surface area (Å²) in [6.07, 6.45) is 0.581. The lowest BCUT2D eigenvalue weighted by atomic mass is 9.92. The Morgan fingerprint density at radius 3 is 2.60 bits per heavy atom. The highest BCUT2D eigenvalue weighted by molar-refractivity contribution is 6.05. The van der Waals surface area contributed by atoms with E-state index in [1.54, 1.807) is 13.8 Å². The van der Waals surface area contributed by atoms with E-state index in [9.17, 15) is 9.59 Å². The molecule has 2 N–H and O–H groups in total. The zero-order chi connectivity index (χ0) is 11.6. The van der Waals surface area contributed by atoms with Crippen LogP contribution in [0.5, 0.6) is 0 Å². The molecule has 1 aliphatic heterocycles. The molecular formula is C10H15N3O2. The Balaban J connectivity index is 2.61. The summed E-state index contributed by atoms with van der Waals surface area (Å²) in [5.74, 6) is -0.340. The molecule has 1 aliphatic rings. The summed E-state index contributed by atoms with van der Waals surface area (Å²) in [4.78, 5) is 24.4. The van der Waals surface area contributed by atoms with Gasteiger partial charge in [0, 0.05) is 13.0 Å². The van der Waals surface area contributed by atoms with Gasteiger partial charge in [-0.3, -0.25) is 14.5 Å². The molecule has 1 atom stereocenters. The Kier molecular flexibility index (Phi) is 3.10. The number of carbonyl (C=O) groups is 2. The van der Waals surface area contributed by atoms with Crippen molar-refractivity contribution >= 4 is 11.8 Å². The van der Waals surface area contributed by atoms with Crippen LogP contribution in [-0.2, 0) is 9.59 Å². The first-order valence-electron chi connectivity index (χ1n) is 4.88. The molecule has 0 aromatic carbocycles. The van der Waals surface area contributed by atoms with Crippen LogP contribution in [0.1, 0.15) is 26.7 Å². The second kappa shape index (κ2) is 3.99. The van der Waals surface area contributed by atoms with E-state index in [1.165, 1.54) is 4.90 Å². The Morgan fingerprint density at radius 2 is 2.20 bits per heavy atom. The Morgan fingerprint density at radius 1 is 1.60 bits per heavy atom. The molecule has 0 aliphatic carbocycles. The largest absolute Gasteiger partial charge is 0.316 e. The molecule has 82 valence electrons. The van der Waals surface area contributed by atoms with Crippen LogP contribution in [-0.4, -0.2) is 29.3 Å². The first-order valence-corrected chi connectivity index (χ1v) is 4.88. The van der Waals surface area contributed by atoms with Crippen LogP contribution in [0.15, 0.2) is 0 Å². The van der Waals surface area contributed by atoms with Crippen molar-refractivity contribution < 1.29 is 9.59 Å². The zero-order valence-corrected chi connectivity index (χ0v) is 8.99. The highest BCUT2D eigenvalue weighted by Crippen LogP contribution is 2.31. The van der Waals surface area contributed by atoms with Crippen LogP contribution in [0, 0.1) is 16.7 Å². The van der Waals surface area contributed by atoms with E-state index < -0.39 is 11.5 Å². The molecule has 1 saturated heterocycles. The number of amides is 2. The average molecular weight is 209 g/mol. The third-order valence-corrected chi connectivity index (χ3v) is 2.55. The molecule has 0 saturated carbocycles. The van der Waals surface area contributed by atoms with E-state index in [4.69, 9.17) is 11.0 Å². The van der Waals surface area contributed by atoms with Crippen LogP contribution < -0.4 is 5.73 Å². The predicted octanol–water partition coefficient (Wildman–Crippen LogP) is 0.0125. The van der Waals surface area contributed by atoms with Crippen LogP contribution in [0.4, 0.5) is 0 Å². The molecule has 1 fully saturated rings. The fourth-order valence-electron chi connectivity index (χ4n) is 1.59. The summed E-state index contributed by atoms with van der Waals surface area (Å²) in [7, 11) is 0. The van der Waals surface area contributed by atoms with Gasteiger partial charge < -0.3 is 5.73 Å². The normalized spacial score (nSPS) is 21.6. The highest BCUT2D eigenvalue weighted by Gasteiger charge is 2.44. The number of likely N-dealkylation sites (tertiary alicyclic amines) is 1. The molecule has 15 heavy (non-hydrogen) atoms. The second-order valence-electron chi connectivity index (χ2n) is 4.44. The fraction of sp³-hybridized carbons (Fsp3) is 0.700. The first-order chi connectivity index (χ1) is 6.88. The Bertz CT molecular complexity index is 330. The van der Waals surface area contributed by atoms with Crippen molar-refractivity contribution in [3.05, 3.63) is 0 Å². The number of hydrogen-bond donors (Lipinski definition) is 1. The highest BCUT2D eigenvalue weighted by atomic mass is 16.2. The van der Waals surface area contributed by atoms with Crippen molar-refractivity contribution in [3.8, 4) is 6.07 Å². The molecule has 1 heterocycles. The summed E-state index contributed by atoms with van der Waals surface area (Å²) in [5.41, 5.74) is 4.80. The van der Waals surface area contributed by atoms with E-state index >= 15 is 0 Å². The lowest BCUT2D eigenvalue weighted by Gasteiger charge is -2.17. The van der Waals surface area contributed by atoms with Crippen molar-refractivity contribution in [3.63, 3.8) is 0 Å². The number of carbonyl (C=O) groups excluding carboxylic acids is 2. The molecule has 0 bridgehead atoms. The maximum atomic E-state index is 11.7. The SMILES string of the molecule is CC1(C)CC(=O)N(CCC(N)C#N)C1=O. The number of hydrogen-bond acceptors (Lipinski definition) is 4. The van der Waals surface area contributed by atoms with Gasteiger partial charge in [-0.05, 0) is 6.42 Å². The molecule has 0 spiro atoms. The van der Waals surface area contributed by atoms with Crippen LogP contribution in [0.25, 0.3) is 0 Å². The van der Waals surface area contributed by atoms with Gasteiger partial charge in [-0.25, -0.2) is 0 Å².